The molecule has 0 radical (unpaired) electrons. The Morgan fingerprint density at radius 1 is 1.33 bits per heavy atom. The Balaban J connectivity index is 1.97. The lowest BCUT2D eigenvalue weighted by Gasteiger charge is -2.38. The summed E-state index contributed by atoms with van der Waals surface area (Å²) in [6.45, 7) is 2.74. The van der Waals surface area contributed by atoms with E-state index in [-0.39, 0.29) is 6.03 Å². The van der Waals surface area contributed by atoms with Crippen molar-refractivity contribution in [3.63, 3.8) is 0 Å². The van der Waals surface area contributed by atoms with Crippen molar-refractivity contribution < 1.29 is 19.8 Å². The van der Waals surface area contributed by atoms with Gasteiger partial charge in [-0.15, -0.1) is 11.8 Å². The highest BCUT2D eigenvalue weighted by Crippen LogP contribution is 2.26. The normalized spacial score (nSPS) is 27.3. The molecular weight excluding hydrogens is 256 g/mol. The second-order valence-electron chi connectivity index (χ2n) is 5.09. The van der Waals surface area contributed by atoms with Crippen LogP contribution in [0.2, 0.25) is 0 Å². The lowest BCUT2D eigenvalue weighted by atomic mass is 9.94. The first-order valence-electron chi connectivity index (χ1n) is 5.99. The Morgan fingerprint density at radius 3 is 2.50 bits per heavy atom. The van der Waals surface area contributed by atoms with E-state index >= 15 is 0 Å². The molecule has 0 bridgehead atoms. The van der Waals surface area contributed by atoms with Gasteiger partial charge in [-0.25, -0.2) is 9.59 Å². The van der Waals surface area contributed by atoms with Gasteiger partial charge in [-0.1, -0.05) is 0 Å². The van der Waals surface area contributed by atoms with Crippen molar-refractivity contribution in [2.75, 3.05) is 24.7 Å². The number of hydrogen-bond donors (Lipinski definition) is 2. The van der Waals surface area contributed by atoms with E-state index in [1.165, 1.54) is 16.7 Å². The van der Waals surface area contributed by atoms with Crippen LogP contribution in [-0.4, -0.2) is 68.4 Å². The van der Waals surface area contributed by atoms with E-state index in [9.17, 15) is 14.7 Å². The van der Waals surface area contributed by atoms with Gasteiger partial charge >= 0.3 is 12.0 Å². The predicted molar refractivity (Wildman–Crippen MR) is 67.4 cm³/mol. The number of aliphatic hydroxyl groups is 1. The van der Waals surface area contributed by atoms with Gasteiger partial charge in [0.2, 0.25) is 0 Å². The lowest BCUT2D eigenvalue weighted by Crippen LogP contribution is -2.53. The summed E-state index contributed by atoms with van der Waals surface area (Å²) in [5.74, 6) is -0.0626. The summed E-state index contributed by atoms with van der Waals surface area (Å²) in [5.41, 5.74) is -0.706. The third-order valence-electron chi connectivity index (χ3n) is 3.52. The molecule has 2 fully saturated rings. The Labute approximate surface area is 110 Å². The molecule has 1 atom stereocenters. The molecule has 2 N–H and O–H groups in total. The number of hydrogen-bond acceptors (Lipinski definition) is 4. The number of rotatable bonds is 1. The minimum Gasteiger partial charge on any atom is -0.480 e. The molecule has 2 aliphatic rings. The van der Waals surface area contributed by atoms with E-state index in [0.29, 0.717) is 37.6 Å². The van der Waals surface area contributed by atoms with Crippen LogP contribution in [0.1, 0.15) is 19.8 Å². The fourth-order valence-electron chi connectivity index (χ4n) is 2.20. The van der Waals surface area contributed by atoms with E-state index in [4.69, 9.17) is 5.11 Å². The van der Waals surface area contributed by atoms with Crippen LogP contribution in [0.4, 0.5) is 4.79 Å². The van der Waals surface area contributed by atoms with E-state index in [1.807, 2.05) is 0 Å². The quantitative estimate of drug-likeness (QED) is 0.724. The molecule has 0 saturated carbocycles. The molecule has 6 nitrogen and oxygen atoms in total. The number of carboxylic acids is 1. The second-order valence-corrected chi connectivity index (χ2v) is 6.09. The Morgan fingerprint density at radius 2 is 1.94 bits per heavy atom. The SMILES string of the molecule is CC1(O)CCN(C(=O)N2CSCC2C(=O)O)CC1. The topological polar surface area (TPSA) is 81.1 Å². The minimum atomic E-state index is -0.947. The highest BCUT2D eigenvalue weighted by atomic mass is 32.2. The lowest BCUT2D eigenvalue weighted by molar-refractivity contribution is -0.141. The zero-order chi connectivity index (χ0) is 13.3. The fraction of sp³-hybridized carbons (Fsp3) is 0.818. The molecule has 7 heteroatoms. The monoisotopic (exact) mass is 274 g/mol. The molecule has 1 unspecified atom stereocenters. The summed E-state index contributed by atoms with van der Waals surface area (Å²) in [6.07, 6.45) is 1.08. The number of nitrogens with zero attached hydrogens (tertiary/aromatic N) is 2. The van der Waals surface area contributed by atoms with Gasteiger partial charge < -0.3 is 20.0 Å². The second kappa shape index (κ2) is 4.97. The van der Waals surface area contributed by atoms with Gasteiger partial charge in [0, 0.05) is 18.8 Å². The van der Waals surface area contributed by atoms with E-state index in [1.54, 1.807) is 11.8 Å². The number of carbonyl (C=O) groups is 2. The van der Waals surface area contributed by atoms with Gasteiger partial charge in [0.25, 0.3) is 0 Å². The van der Waals surface area contributed by atoms with Gasteiger partial charge in [0.05, 0.1) is 11.5 Å². The summed E-state index contributed by atoms with van der Waals surface area (Å²) < 4.78 is 0. The molecule has 2 saturated heterocycles. The molecule has 2 aliphatic heterocycles. The molecule has 0 aromatic carbocycles. The van der Waals surface area contributed by atoms with Crippen LogP contribution in [0.3, 0.4) is 0 Å². The number of piperidine rings is 1. The number of urea groups is 1. The first-order valence-corrected chi connectivity index (χ1v) is 7.15. The van der Waals surface area contributed by atoms with Gasteiger partial charge in [-0.3, -0.25) is 0 Å². The molecule has 0 aliphatic carbocycles. The van der Waals surface area contributed by atoms with Crippen LogP contribution in [0, 0.1) is 0 Å². The predicted octanol–water partition coefficient (Wildman–Crippen LogP) is 0.413. The van der Waals surface area contributed by atoms with Crippen LogP contribution < -0.4 is 0 Å². The summed E-state index contributed by atoms with van der Waals surface area (Å²) in [5, 5.41) is 18.9. The van der Waals surface area contributed by atoms with Crippen LogP contribution in [-0.2, 0) is 4.79 Å². The van der Waals surface area contributed by atoms with Gasteiger partial charge in [0.1, 0.15) is 6.04 Å². The van der Waals surface area contributed by atoms with Crippen molar-refractivity contribution in [1.82, 2.24) is 9.80 Å². The van der Waals surface area contributed by atoms with Crippen molar-refractivity contribution in [2.45, 2.75) is 31.4 Å². The third-order valence-corrected chi connectivity index (χ3v) is 4.54. The Hall–Kier alpha value is -0.950. The molecule has 102 valence electrons. The summed E-state index contributed by atoms with van der Waals surface area (Å²) >= 11 is 1.46. The molecule has 0 spiro atoms. The van der Waals surface area contributed by atoms with Crippen LogP contribution >= 0.6 is 11.8 Å². The Bertz CT molecular complexity index is 351. The largest absolute Gasteiger partial charge is 0.480 e. The summed E-state index contributed by atoms with van der Waals surface area (Å²) in [7, 11) is 0. The van der Waals surface area contributed by atoms with Gasteiger partial charge in [-0.05, 0) is 19.8 Å². The minimum absolute atomic E-state index is 0.220. The molecule has 2 rings (SSSR count). The molecule has 18 heavy (non-hydrogen) atoms. The first-order chi connectivity index (χ1) is 8.41. The zero-order valence-corrected chi connectivity index (χ0v) is 11.2. The van der Waals surface area contributed by atoms with Crippen LogP contribution in [0.5, 0.6) is 0 Å². The number of carboxylic acid groups (broad SMARTS) is 1. The van der Waals surface area contributed by atoms with Gasteiger partial charge in [0.15, 0.2) is 0 Å². The average Bonchev–Trinajstić information content (AvgIpc) is 2.77. The molecule has 0 aromatic heterocycles. The summed E-state index contributed by atoms with van der Waals surface area (Å²) in [4.78, 5) is 26.3. The maximum absolute atomic E-state index is 12.2. The Kier molecular flexibility index (Phi) is 3.72. The number of likely N-dealkylation sites (tertiary alicyclic amines) is 1. The third kappa shape index (κ3) is 2.72. The first kappa shape index (κ1) is 13.5. The van der Waals surface area contributed by atoms with Crippen molar-refractivity contribution in [3.8, 4) is 0 Å². The number of carbonyl (C=O) groups excluding carboxylic acids is 1. The van der Waals surface area contributed by atoms with Crippen LogP contribution in [0.25, 0.3) is 0 Å². The molecule has 2 amide bonds. The number of aliphatic carboxylic acids is 1. The molecule has 0 aromatic rings. The summed E-state index contributed by atoms with van der Waals surface area (Å²) in [6, 6.07) is -0.937. The molecular formula is C11H18N2O4S. The number of thioether (sulfide) groups is 1. The standard InChI is InChI=1S/C11H18N2O4S/c1-11(17)2-4-12(5-3-11)10(16)13-7-18-6-8(13)9(14)15/h8,17H,2-7H2,1H3,(H,14,15). The zero-order valence-electron chi connectivity index (χ0n) is 10.3. The van der Waals surface area contributed by atoms with Crippen LogP contribution in [0.15, 0.2) is 0 Å². The maximum Gasteiger partial charge on any atom is 0.327 e. The highest BCUT2D eigenvalue weighted by molar-refractivity contribution is 7.99. The van der Waals surface area contributed by atoms with Crippen molar-refractivity contribution in [1.29, 1.82) is 0 Å². The maximum atomic E-state index is 12.2. The molecule has 2 heterocycles. The number of amides is 2. The fourth-order valence-corrected chi connectivity index (χ4v) is 3.34. The average molecular weight is 274 g/mol. The van der Waals surface area contributed by atoms with E-state index in [2.05, 4.69) is 0 Å². The van der Waals surface area contributed by atoms with E-state index < -0.39 is 17.6 Å². The van der Waals surface area contributed by atoms with E-state index in [0.717, 1.165) is 0 Å². The van der Waals surface area contributed by atoms with Gasteiger partial charge in [-0.2, -0.15) is 0 Å². The van der Waals surface area contributed by atoms with Crippen molar-refractivity contribution in [2.24, 2.45) is 0 Å². The van der Waals surface area contributed by atoms with Crippen molar-refractivity contribution in [3.05, 3.63) is 0 Å². The smallest absolute Gasteiger partial charge is 0.327 e. The highest BCUT2D eigenvalue weighted by Gasteiger charge is 2.38. The van der Waals surface area contributed by atoms with Crippen molar-refractivity contribution >= 4 is 23.8 Å².